The van der Waals surface area contributed by atoms with Gasteiger partial charge in [0.1, 0.15) is 0 Å². The van der Waals surface area contributed by atoms with Gasteiger partial charge in [-0.25, -0.2) is 0 Å². The average Bonchev–Trinajstić information content (AvgIpc) is 2.15. The zero-order valence-electron chi connectivity index (χ0n) is 10.5. The van der Waals surface area contributed by atoms with Crippen LogP contribution in [-0.4, -0.2) is 0 Å². The summed E-state index contributed by atoms with van der Waals surface area (Å²) >= 11 is 0. The minimum Gasteiger partial charge on any atom is -0.324 e. The van der Waals surface area contributed by atoms with Gasteiger partial charge < -0.3 is 5.73 Å². The normalized spacial score (nSPS) is 14.3. The molecule has 0 radical (unpaired) electrons. The molecule has 0 aromatic heterocycles. The molecule has 1 atom stereocenters. The number of hydrogen-bond donors (Lipinski definition) is 1. The fourth-order valence-corrected chi connectivity index (χ4v) is 1.59. The fourth-order valence-electron chi connectivity index (χ4n) is 1.59. The van der Waals surface area contributed by atoms with E-state index in [4.69, 9.17) is 5.73 Å². The van der Waals surface area contributed by atoms with Crippen LogP contribution in [-0.2, 0) is 5.41 Å². The molecule has 0 aliphatic rings. The van der Waals surface area contributed by atoms with Crippen molar-refractivity contribution in [3.8, 4) is 0 Å². The van der Waals surface area contributed by atoms with Crippen molar-refractivity contribution in [3.05, 3.63) is 35.4 Å². The summed E-state index contributed by atoms with van der Waals surface area (Å²) in [6.45, 7) is 11.0. The molecule has 1 aromatic rings. The van der Waals surface area contributed by atoms with Crippen LogP contribution >= 0.6 is 0 Å². The standard InChI is InChI=1S/C14H23N/c1-10(2)13(15)11-6-8-12(9-7-11)14(3,4)5/h6-10,13H,15H2,1-5H3/t13-/m0/s1. The molecule has 1 heteroatoms. The van der Waals surface area contributed by atoms with E-state index in [0.717, 1.165) is 0 Å². The summed E-state index contributed by atoms with van der Waals surface area (Å²) in [5.41, 5.74) is 8.92. The summed E-state index contributed by atoms with van der Waals surface area (Å²) in [7, 11) is 0. The first-order chi connectivity index (χ1) is 6.82. The second-order valence-corrected chi connectivity index (χ2v) is 5.64. The van der Waals surface area contributed by atoms with E-state index in [-0.39, 0.29) is 11.5 Å². The first kappa shape index (κ1) is 12.3. The van der Waals surface area contributed by atoms with Gasteiger partial charge in [0.15, 0.2) is 0 Å². The van der Waals surface area contributed by atoms with Crippen LogP contribution in [0.4, 0.5) is 0 Å². The number of hydrogen-bond acceptors (Lipinski definition) is 1. The van der Waals surface area contributed by atoms with Crippen LogP contribution in [0, 0.1) is 5.92 Å². The van der Waals surface area contributed by atoms with Gasteiger partial charge in [-0.15, -0.1) is 0 Å². The largest absolute Gasteiger partial charge is 0.324 e. The van der Waals surface area contributed by atoms with Gasteiger partial charge in [0.2, 0.25) is 0 Å². The molecule has 0 amide bonds. The number of rotatable bonds is 2. The maximum absolute atomic E-state index is 6.10. The molecule has 0 aliphatic heterocycles. The van der Waals surface area contributed by atoms with E-state index in [1.807, 2.05) is 0 Å². The highest BCUT2D eigenvalue weighted by Gasteiger charge is 2.15. The minimum absolute atomic E-state index is 0.152. The third-order valence-corrected chi connectivity index (χ3v) is 2.88. The summed E-state index contributed by atoms with van der Waals surface area (Å²) in [6, 6.07) is 8.85. The molecule has 0 fully saturated rings. The van der Waals surface area contributed by atoms with E-state index in [2.05, 4.69) is 58.9 Å². The molecule has 0 saturated heterocycles. The molecule has 1 rings (SSSR count). The predicted molar refractivity (Wildman–Crippen MR) is 66.9 cm³/mol. The SMILES string of the molecule is CC(C)[C@H](N)c1ccc(C(C)(C)C)cc1. The number of benzene rings is 1. The van der Waals surface area contributed by atoms with Gasteiger partial charge in [-0.3, -0.25) is 0 Å². The molecule has 84 valence electrons. The second kappa shape index (κ2) is 4.36. The summed E-state index contributed by atoms with van der Waals surface area (Å²) in [4.78, 5) is 0. The highest BCUT2D eigenvalue weighted by atomic mass is 14.6. The Morgan fingerprint density at radius 1 is 1.00 bits per heavy atom. The molecule has 2 N–H and O–H groups in total. The summed E-state index contributed by atoms with van der Waals surface area (Å²) < 4.78 is 0. The molecule has 0 spiro atoms. The Hall–Kier alpha value is -0.820. The van der Waals surface area contributed by atoms with E-state index < -0.39 is 0 Å². The molecule has 1 aromatic carbocycles. The van der Waals surface area contributed by atoms with Crippen LogP contribution < -0.4 is 5.73 Å². The van der Waals surface area contributed by atoms with Crippen LogP contribution in [0.2, 0.25) is 0 Å². The van der Waals surface area contributed by atoms with Gasteiger partial charge >= 0.3 is 0 Å². The van der Waals surface area contributed by atoms with Gasteiger partial charge in [0.05, 0.1) is 0 Å². The van der Waals surface area contributed by atoms with Gasteiger partial charge in [-0.05, 0) is 22.5 Å². The lowest BCUT2D eigenvalue weighted by Gasteiger charge is -2.21. The van der Waals surface area contributed by atoms with E-state index >= 15 is 0 Å². The van der Waals surface area contributed by atoms with E-state index in [0.29, 0.717) is 5.92 Å². The highest BCUT2D eigenvalue weighted by molar-refractivity contribution is 5.29. The Balaban J connectivity index is 2.91. The average molecular weight is 205 g/mol. The molecular weight excluding hydrogens is 182 g/mol. The minimum atomic E-state index is 0.152. The van der Waals surface area contributed by atoms with Crippen molar-refractivity contribution >= 4 is 0 Å². The Morgan fingerprint density at radius 3 is 1.80 bits per heavy atom. The smallest absolute Gasteiger partial charge is 0.0318 e. The van der Waals surface area contributed by atoms with Crippen LogP contribution in [0.3, 0.4) is 0 Å². The molecule has 0 bridgehead atoms. The lowest BCUT2D eigenvalue weighted by atomic mass is 9.85. The van der Waals surface area contributed by atoms with Crippen LogP contribution in [0.1, 0.15) is 51.8 Å². The molecule has 1 nitrogen and oxygen atoms in total. The van der Waals surface area contributed by atoms with Crippen molar-refractivity contribution < 1.29 is 0 Å². The summed E-state index contributed by atoms with van der Waals surface area (Å²) in [5, 5.41) is 0. The molecule has 0 aliphatic carbocycles. The fraction of sp³-hybridized carbons (Fsp3) is 0.571. The zero-order chi connectivity index (χ0) is 11.6. The van der Waals surface area contributed by atoms with Crippen molar-refractivity contribution in [1.82, 2.24) is 0 Å². The third kappa shape index (κ3) is 3.07. The zero-order valence-corrected chi connectivity index (χ0v) is 10.5. The monoisotopic (exact) mass is 205 g/mol. The van der Waals surface area contributed by atoms with E-state index in [1.165, 1.54) is 11.1 Å². The third-order valence-electron chi connectivity index (χ3n) is 2.88. The molecule has 0 unspecified atom stereocenters. The Morgan fingerprint density at radius 2 is 1.47 bits per heavy atom. The van der Waals surface area contributed by atoms with Crippen molar-refractivity contribution in [2.45, 2.75) is 46.1 Å². The van der Waals surface area contributed by atoms with Crippen LogP contribution in [0.25, 0.3) is 0 Å². The van der Waals surface area contributed by atoms with Gasteiger partial charge in [-0.2, -0.15) is 0 Å². The first-order valence-electron chi connectivity index (χ1n) is 5.68. The van der Waals surface area contributed by atoms with Gasteiger partial charge in [0, 0.05) is 6.04 Å². The Kier molecular flexibility index (Phi) is 3.56. The van der Waals surface area contributed by atoms with Crippen LogP contribution in [0.15, 0.2) is 24.3 Å². The van der Waals surface area contributed by atoms with Gasteiger partial charge in [0.25, 0.3) is 0 Å². The van der Waals surface area contributed by atoms with E-state index in [1.54, 1.807) is 0 Å². The summed E-state index contributed by atoms with van der Waals surface area (Å²) in [5.74, 6) is 0.491. The van der Waals surface area contributed by atoms with Crippen molar-refractivity contribution in [2.24, 2.45) is 11.7 Å². The highest BCUT2D eigenvalue weighted by Crippen LogP contribution is 2.25. The predicted octanol–water partition coefficient (Wildman–Crippen LogP) is 3.64. The van der Waals surface area contributed by atoms with Gasteiger partial charge in [-0.1, -0.05) is 58.9 Å². The molecule has 15 heavy (non-hydrogen) atoms. The Bertz CT molecular complexity index is 303. The number of nitrogens with two attached hydrogens (primary N) is 1. The second-order valence-electron chi connectivity index (χ2n) is 5.64. The lowest BCUT2D eigenvalue weighted by molar-refractivity contribution is 0.513. The maximum Gasteiger partial charge on any atom is 0.0318 e. The molecular formula is C14H23N. The Labute approximate surface area is 93.7 Å². The van der Waals surface area contributed by atoms with Crippen molar-refractivity contribution in [2.75, 3.05) is 0 Å². The summed E-state index contributed by atoms with van der Waals surface area (Å²) in [6.07, 6.45) is 0. The quantitative estimate of drug-likeness (QED) is 0.783. The van der Waals surface area contributed by atoms with Crippen LogP contribution in [0.5, 0.6) is 0 Å². The topological polar surface area (TPSA) is 26.0 Å². The maximum atomic E-state index is 6.10. The van der Waals surface area contributed by atoms with E-state index in [9.17, 15) is 0 Å². The first-order valence-corrected chi connectivity index (χ1v) is 5.68. The lowest BCUT2D eigenvalue weighted by Crippen LogP contribution is -2.17. The molecule has 0 saturated carbocycles. The molecule has 0 heterocycles. The van der Waals surface area contributed by atoms with Crippen molar-refractivity contribution in [3.63, 3.8) is 0 Å². The van der Waals surface area contributed by atoms with Crippen molar-refractivity contribution in [1.29, 1.82) is 0 Å².